The van der Waals surface area contributed by atoms with Gasteiger partial charge in [0, 0.05) is 0 Å². The van der Waals surface area contributed by atoms with Gasteiger partial charge in [-0.1, -0.05) is 41.5 Å². The van der Waals surface area contributed by atoms with Crippen molar-refractivity contribution in [2.75, 3.05) is 0 Å². The Morgan fingerprint density at radius 1 is 0.778 bits per heavy atom. The molecule has 0 aliphatic rings. The Balaban J connectivity index is 5.38. The third-order valence-corrected chi connectivity index (χ3v) is 5.21. The highest BCUT2D eigenvalue weighted by atomic mass is 28.2. The Morgan fingerprint density at radius 2 is 1.06 bits per heavy atom. The summed E-state index contributed by atoms with van der Waals surface area (Å²) in [6, 6.07) is 0. The maximum Gasteiger partial charge on any atom is 0.146 e. The first-order valence-corrected chi connectivity index (χ1v) is 8.43. The second-order valence-electron chi connectivity index (χ2n) is 7.79. The lowest BCUT2D eigenvalue weighted by Gasteiger charge is -2.50. The van der Waals surface area contributed by atoms with E-state index < -0.39 is 0 Å². The predicted molar refractivity (Wildman–Crippen MR) is 85.9 cm³/mol. The summed E-state index contributed by atoms with van der Waals surface area (Å²) in [4.78, 5) is 0. The van der Waals surface area contributed by atoms with Crippen molar-refractivity contribution < 1.29 is 4.43 Å². The Kier molecular flexibility index (Phi) is 7.16. The van der Waals surface area contributed by atoms with Crippen LogP contribution in [-0.4, -0.2) is 16.1 Å². The fourth-order valence-corrected chi connectivity index (χ4v) is 3.98. The average molecular weight is 273 g/mol. The minimum absolute atomic E-state index is 0.0119. The quantitative estimate of drug-likeness (QED) is 0.602. The molecule has 110 valence electrons. The predicted octanol–water partition coefficient (Wildman–Crippen LogP) is 4.19. The first-order chi connectivity index (χ1) is 8.06. The maximum atomic E-state index is 6.04. The monoisotopic (exact) mass is 272 g/mol. The van der Waals surface area contributed by atoms with Gasteiger partial charge >= 0.3 is 0 Å². The molecule has 0 N–H and O–H groups in total. The first kappa shape index (κ1) is 18.2. The van der Waals surface area contributed by atoms with E-state index in [9.17, 15) is 0 Å². The molecule has 0 aliphatic heterocycles. The van der Waals surface area contributed by atoms with Gasteiger partial charge in [-0.15, -0.1) is 0 Å². The molecule has 0 saturated heterocycles. The molecule has 0 aromatic heterocycles. The topological polar surface area (TPSA) is 9.23 Å². The number of rotatable bonds is 8. The van der Waals surface area contributed by atoms with Crippen LogP contribution in [0.5, 0.6) is 0 Å². The van der Waals surface area contributed by atoms with E-state index in [1.807, 2.05) is 0 Å². The van der Waals surface area contributed by atoms with E-state index in [1.54, 1.807) is 0 Å². The van der Waals surface area contributed by atoms with Crippen molar-refractivity contribution in [1.82, 2.24) is 0 Å². The van der Waals surface area contributed by atoms with E-state index in [4.69, 9.17) is 4.43 Å². The second-order valence-corrected chi connectivity index (χ2v) is 8.20. The summed E-state index contributed by atoms with van der Waals surface area (Å²) in [5.41, 5.74) is 0.337. The van der Waals surface area contributed by atoms with Crippen LogP contribution in [0, 0.1) is 23.2 Å². The smallest absolute Gasteiger partial charge is 0.146 e. The Hall–Kier alpha value is 0.177. The van der Waals surface area contributed by atoms with Crippen LogP contribution in [0.1, 0.15) is 74.7 Å². The van der Waals surface area contributed by atoms with Gasteiger partial charge in [0.25, 0.3) is 0 Å². The van der Waals surface area contributed by atoms with Crippen molar-refractivity contribution in [3.63, 3.8) is 0 Å². The van der Waals surface area contributed by atoms with Crippen molar-refractivity contribution in [1.29, 1.82) is 0 Å². The van der Waals surface area contributed by atoms with Gasteiger partial charge in [0.05, 0.1) is 5.60 Å². The van der Waals surface area contributed by atoms with Gasteiger partial charge < -0.3 is 4.43 Å². The molecular formula is C16H36OSi. The Bertz CT molecular complexity index is 205. The second kappa shape index (κ2) is 7.09. The van der Waals surface area contributed by atoms with E-state index in [1.165, 1.54) is 19.3 Å². The lowest BCUT2D eigenvalue weighted by molar-refractivity contribution is -0.0676. The normalized spacial score (nSPS) is 14.2. The summed E-state index contributed by atoms with van der Waals surface area (Å²) in [6.45, 7) is 18.7. The molecule has 18 heavy (non-hydrogen) atoms. The minimum Gasteiger partial charge on any atom is -0.422 e. The largest absolute Gasteiger partial charge is 0.422 e. The molecule has 0 atom stereocenters. The molecule has 0 radical (unpaired) electrons. The average Bonchev–Trinajstić information content (AvgIpc) is 2.13. The van der Waals surface area contributed by atoms with Gasteiger partial charge in [-0.05, 0) is 56.3 Å². The van der Waals surface area contributed by atoms with Crippen LogP contribution in [0.2, 0.25) is 0 Å². The molecule has 0 fully saturated rings. The van der Waals surface area contributed by atoms with Crippen molar-refractivity contribution in [2.24, 2.45) is 23.2 Å². The zero-order chi connectivity index (χ0) is 14.6. The summed E-state index contributed by atoms with van der Waals surface area (Å²) < 4.78 is 6.04. The minimum atomic E-state index is 0.0119. The molecule has 0 heterocycles. The first-order valence-electron chi connectivity index (χ1n) is 7.61. The third kappa shape index (κ3) is 5.04. The van der Waals surface area contributed by atoms with Crippen molar-refractivity contribution in [3.8, 4) is 0 Å². The van der Waals surface area contributed by atoms with Gasteiger partial charge in [-0.2, -0.15) is 0 Å². The third-order valence-electron chi connectivity index (χ3n) is 4.18. The van der Waals surface area contributed by atoms with Crippen LogP contribution in [0.25, 0.3) is 0 Å². The molecule has 0 unspecified atom stereocenters. The fourth-order valence-electron chi connectivity index (χ4n) is 3.55. The van der Waals surface area contributed by atoms with Crippen LogP contribution in [0.3, 0.4) is 0 Å². The Labute approximate surface area is 119 Å². The molecule has 0 spiro atoms. The van der Waals surface area contributed by atoms with Crippen molar-refractivity contribution in [2.45, 2.75) is 80.3 Å². The summed E-state index contributed by atoms with van der Waals surface area (Å²) >= 11 is 0. The standard InChI is InChI=1S/C16H36OSi/c1-12(2)9-16(10-13(3)4,11-14(5)6)15(7,8)17-18/h12-14H,9-11H2,1-8,18H3. The van der Waals surface area contributed by atoms with Crippen molar-refractivity contribution >= 4 is 10.5 Å². The highest BCUT2D eigenvalue weighted by Crippen LogP contribution is 2.49. The highest BCUT2D eigenvalue weighted by molar-refractivity contribution is 5.98. The van der Waals surface area contributed by atoms with E-state index in [2.05, 4.69) is 55.4 Å². The zero-order valence-electron chi connectivity index (χ0n) is 14.3. The molecule has 0 amide bonds. The van der Waals surface area contributed by atoms with Gasteiger partial charge in [0.1, 0.15) is 10.5 Å². The van der Waals surface area contributed by atoms with Crippen LogP contribution in [-0.2, 0) is 4.43 Å². The summed E-state index contributed by atoms with van der Waals surface area (Å²) in [6.07, 6.45) is 3.83. The van der Waals surface area contributed by atoms with E-state index >= 15 is 0 Å². The van der Waals surface area contributed by atoms with Gasteiger partial charge in [0.2, 0.25) is 0 Å². The molecule has 0 rings (SSSR count). The number of hydrogen-bond donors (Lipinski definition) is 0. The SMILES string of the molecule is CC(C)CC(CC(C)C)(CC(C)C)C(C)(C)O[SiH3]. The van der Waals surface area contributed by atoms with Gasteiger partial charge in [-0.3, -0.25) is 0 Å². The molecule has 0 aliphatic carbocycles. The van der Waals surface area contributed by atoms with Crippen LogP contribution >= 0.6 is 0 Å². The maximum absolute atomic E-state index is 6.04. The highest BCUT2D eigenvalue weighted by Gasteiger charge is 2.45. The van der Waals surface area contributed by atoms with Gasteiger partial charge in [-0.25, -0.2) is 0 Å². The molecule has 1 nitrogen and oxygen atoms in total. The Morgan fingerprint density at radius 3 is 1.22 bits per heavy atom. The lowest BCUT2D eigenvalue weighted by atomic mass is 9.61. The molecular weight excluding hydrogens is 236 g/mol. The van der Waals surface area contributed by atoms with Crippen LogP contribution < -0.4 is 0 Å². The van der Waals surface area contributed by atoms with E-state index in [0.717, 1.165) is 28.2 Å². The van der Waals surface area contributed by atoms with Gasteiger partial charge in [0.15, 0.2) is 0 Å². The fraction of sp³-hybridized carbons (Fsp3) is 1.00. The molecule has 0 bridgehead atoms. The molecule has 2 heteroatoms. The van der Waals surface area contributed by atoms with E-state index in [-0.39, 0.29) is 5.60 Å². The van der Waals surface area contributed by atoms with Crippen molar-refractivity contribution in [3.05, 3.63) is 0 Å². The zero-order valence-corrected chi connectivity index (χ0v) is 16.3. The molecule has 0 aromatic rings. The molecule has 0 saturated carbocycles. The molecule has 0 aromatic carbocycles. The summed E-state index contributed by atoms with van der Waals surface area (Å²) in [7, 11) is 0.829. The van der Waals surface area contributed by atoms with E-state index in [0.29, 0.717) is 5.41 Å². The summed E-state index contributed by atoms with van der Waals surface area (Å²) in [5, 5.41) is 0. The van der Waals surface area contributed by atoms with Crippen LogP contribution in [0.15, 0.2) is 0 Å². The lowest BCUT2D eigenvalue weighted by Crippen LogP contribution is -2.48. The number of hydrogen-bond acceptors (Lipinski definition) is 1. The van der Waals surface area contributed by atoms with Crippen LogP contribution in [0.4, 0.5) is 0 Å². The summed E-state index contributed by atoms with van der Waals surface area (Å²) in [5.74, 6) is 2.20.